The predicted molar refractivity (Wildman–Crippen MR) is 104 cm³/mol. The number of hydrogen-bond donors (Lipinski definition) is 1. The number of aliphatic hydroxyl groups excluding tert-OH is 1. The minimum Gasteiger partial charge on any atom is -0.494 e. The van der Waals surface area contributed by atoms with Crippen LogP contribution in [0, 0.1) is 5.82 Å². The van der Waals surface area contributed by atoms with Gasteiger partial charge in [-0.3, -0.25) is 4.90 Å². The molecule has 1 N–H and O–H groups in total. The molecular formula is C18H16FN3O2S2. The molecule has 0 unspecified atom stereocenters. The molecule has 2 aromatic heterocycles. The maximum atomic E-state index is 14.0. The number of aromatic nitrogens is 2. The van der Waals surface area contributed by atoms with Crippen LogP contribution in [0.5, 0.6) is 5.75 Å². The highest BCUT2D eigenvalue weighted by Crippen LogP contribution is 2.39. The summed E-state index contributed by atoms with van der Waals surface area (Å²) in [4.78, 5) is 11.1. The zero-order chi connectivity index (χ0) is 18.1. The minimum atomic E-state index is -0.335. The molecule has 0 aliphatic rings. The van der Waals surface area contributed by atoms with Gasteiger partial charge >= 0.3 is 0 Å². The van der Waals surface area contributed by atoms with E-state index in [4.69, 9.17) is 9.72 Å². The first-order chi connectivity index (χ1) is 12.7. The summed E-state index contributed by atoms with van der Waals surface area (Å²) >= 11 is 2.93. The van der Waals surface area contributed by atoms with Crippen LogP contribution >= 0.6 is 22.7 Å². The van der Waals surface area contributed by atoms with E-state index < -0.39 is 0 Å². The highest BCUT2D eigenvalue weighted by Gasteiger charge is 2.20. The van der Waals surface area contributed by atoms with E-state index in [2.05, 4.69) is 4.98 Å². The number of para-hydroxylation sites is 2. The van der Waals surface area contributed by atoms with Gasteiger partial charge in [0.25, 0.3) is 0 Å². The van der Waals surface area contributed by atoms with Gasteiger partial charge < -0.3 is 9.84 Å². The number of halogens is 1. The molecule has 134 valence electrons. The Morgan fingerprint density at radius 3 is 2.35 bits per heavy atom. The standard InChI is InChI=1S/C18H16FN3O2S2/c1-24-12-6-3-8-14-16(12)21-18(26-14)22(9-4-10-23)17-20-15-11(19)5-2-7-13(15)25-17/h2-3,5-8,23H,4,9-10H2,1H3. The minimum absolute atomic E-state index is 0.0595. The summed E-state index contributed by atoms with van der Waals surface area (Å²) < 4.78 is 21.2. The maximum Gasteiger partial charge on any atom is 0.192 e. The normalized spacial score (nSPS) is 11.3. The Morgan fingerprint density at radius 1 is 1.04 bits per heavy atom. The van der Waals surface area contributed by atoms with Crippen molar-refractivity contribution in [2.75, 3.05) is 25.2 Å². The lowest BCUT2D eigenvalue weighted by Crippen LogP contribution is -2.19. The number of ether oxygens (including phenoxy) is 1. The second-order valence-electron chi connectivity index (χ2n) is 5.62. The van der Waals surface area contributed by atoms with Crippen molar-refractivity contribution in [3.8, 4) is 5.75 Å². The first-order valence-electron chi connectivity index (χ1n) is 8.08. The monoisotopic (exact) mass is 389 g/mol. The summed E-state index contributed by atoms with van der Waals surface area (Å²) in [5.41, 5.74) is 1.15. The summed E-state index contributed by atoms with van der Waals surface area (Å²) in [5.74, 6) is 0.375. The van der Waals surface area contributed by atoms with Crippen LogP contribution in [0.15, 0.2) is 36.4 Å². The van der Waals surface area contributed by atoms with Gasteiger partial charge in [-0.25, -0.2) is 14.4 Å². The molecule has 0 amide bonds. The van der Waals surface area contributed by atoms with Crippen LogP contribution in [-0.2, 0) is 0 Å². The second-order valence-corrected chi connectivity index (χ2v) is 7.63. The molecule has 0 spiro atoms. The third kappa shape index (κ3) is 3.00. The first-order valence-corrected chi connectivity index (χ1v) is 9.71. The van der Waals surface area contributed by atoms with Crippen molar-refractivity contribution >= 4 is 53.4 Å². The van der Waals surface area contributed by atoms with Crippen LogP contribution in [0.25, 0.3) is 20.4 Å². The molecule has 0 fully saturated rings. The van der Waals surface area contributed by atoms with Crippen molar-refractivity contribution in [3.63, 3.8) is 0 Å². The molecule has 26 heavy (non-hydrogen) atoms. The number of benzene rings is 2. The number of rotatable bonds is 6. The summed E-state index contributed by atoms with van der Waals surface area (Å²) in [7, 11) is 1.62. The highest BCUT2D eigenvalue weighted by atomic mass is 32.1. The third-order valence-electron chi connectivity index (χ3n) is 3.95. The van der Waals surface area contributed by atoms with Gasteiger partial charge in [-0.2, -0.15) is 0 Å². The maximum absolute atomic E-state index is 14.0. The third-order valence-corrected chi connectivity index (χ3v) is 6.04. The van der Waals surface area contributed by atoms with Crippen molar-refractivity contribution in [1.29, 1.82) is 0 Å². The Hall–Kier alpha value is -2.29. The molecule has 4 rings (SSSR count). The zero-order valence-corrected chi connectivity index (χ0v) is 15.6. The van der Waals surface area contributed by atoms with Crippen molar-refractivity contribution in [2.45, 2.75) is 6.42 Å². The average molecular weight is 389 g/mol. The number of nitrogens with zero attached hydrogens (tertiary/aromatic N) is 3. The number of hydrogen-bond acceptors (Lipinski definition) is 7. The predicted octanol–water partition coefficient (Wildman–Crippen LogP) is 4.57. The SMILES string of the molecule is COc1cccc2sc(N(CCCO)c3nc4c(F)cccc4s3)nc12. The lowest BCUT2D eigenvalue weighted by atomic mass is 10.3. The largest absolute Gasteiger partial charge is 0.494 e. The van der Waals surface area contributed by atoms with E-state index in [-0.39, 0.29) is 12.4 Å². The number of thiazole rings is 2. The Bertz CT molecular complexity index is 1060. The summed E-state index contributed by atoms with van der Waals surface area (Å²) in [6, 6.07) is 10.7. The summed E-state index contributed by atoms with van der Waals surface area (Å²) in [5, 5.41) is 10.7. The van der Waals surface area contributed by atoms with Gasteiger partial charge in [0.1, 0.15) is 22.6 Å². The Morgan fingerprint density at radius 2 is 1.69 bits per heavy atom. The van der Waals surface area contributed by atoms with Crippen molar-refractivity contribution in [3.05, 3.63) is 42.2 Å². The van der Waals surface area contributed by atoms with Crippen LogP contribution in [0.4, 0.5) is 14.7 Å². The number of aliphatic hydroxyl groups is 1. The molecule has 4 aromatic rings. The number of methoxy groups -OCH3 is 1. The van der Waals surface area contributed by atoms with Crippen LogP contribution in [0.3, 0.4) is 0 Å². The molecule has 2 aromatic carbocycles. The van der Waals surface area contributed by atoms with Gasteiger partial charge in [0.15, 0.2) is 10.3 Å². The van der Waals surface area contributed by atoms with Crippen molar-refractivity contribution in [1.82, 2.24) is 9.97 Å². The van der Waals surface area contributed by atoms with Crippen LogP contribution in [0.1, 0.15) is 6.42 Å². The fraction of sp³-hybridized carbons (Fsp3) is 0.222. The Balaban J connectivity index is 1.82. The fourth-order valence-electron chi connectivity index (χ4n) is 2.71. The number of fused-ring (bicyclic) bond motifs is 2. The molecule has 0 saturated carbocycles. The van der Waals surface area contributed by atoms with Gasteiger partial charge in [0.05, 0.1) is 16.5 Å². The van der Waals surface area contributed by atoms with Gasteiger partial charge in [0, 0.05) is 13.2 Å². The zero-order valence-electron chi connectivity index (χ0n) is 14.0. The molecule has 0 bridgehead atoms. The molecule has 0 atom stereocenters. The van der Waals surface area contributed by atoms with Crippen molar-refractivity contribution < 1.29 is 14.2 Å². The molecule has 8 heteroatoms. The van der Waals surface area contributed by atoms with E-state index in [0.717, 1.165) is 20.0 Å². The second kappa shape index (κ2) is 7.14. The smallest absolute Gasteiger partial charge is 0.192 e. The lowest BCUT2D eigenvalue weighted by Gasteiger charge is -2.17. The van der Waals surface area contributed by atoms with E-state index in [1.807, 2.05) is 29.2 Å². The fourth-order valence-corrected chi connectivity index (χ4v) is 4.79. The van der Waals surface area contributed by atoms with Crippen molar-refractivity contribution in [2.24, 2.45) is 0 Å². The summed E-state index contributed by atoms with van der Waals surface area (Å²) in [6.45, 7) is 0.601. The average Bonchev–Trinajstić information content (AvgIpc) is 3.27. The molecule has 2 heterocycles. The van der Waals surface area contributed by atoms with E-state index in [0.29, 0.717) is 29.4 Å². The first kappa shape index (κ1) is 17.1. The molecule has 0 aliphatic carbocycles. The van der Waals surface area contributed by atoms with Crippen LogP contribution < -0.4 is 9.64 Å². The van der Waals surface area contributed by atoms with Gasteiger partial charge in [-0.05, 0) is 30.7 Å². The van der Waals surface area contributed by atoms with Crippen LogP contribution in [-0.4, -0.2) is 35.3 Å². The van der Waals surface area contributed by atoms with Crippen LogP contribution in [0.2, 0.25) is 0 Å². The molecule has 5 nitrogen and oxygen atoms in total. The van der Waals surface area contributed by atoms with E-state index in [1.165, 1.54) is 28.7 Å². The highest BCUT2D eigenvalue weighted by molar-refractivity contribution is 7.24. The Kier molecular flexibility index (Phi) is 4.71. The summed E-state index contributed by atoms with van der Waals surface area (Å²) in [6.07, 6.45) is 0.561. The van der Waals surface area contributed by atoms with E-state index in [1.54, 1.807) is 13.2 Å². The Labute approximate surface area is 157 Å². The van der Waals surface area contributed by atoms with Gasteiger partial charge in [-0.1, -0.05) is 34.8 Å². The molecular weight excluding hydrogens is 373 g/mol. The van der Waals surface area contributed by atoms with Gasteiger partial charge in [-0.15, -0.1) is 0 Å². The van der Waals surface area contributed by atoms with Gasteiger partial charge in [0.2, 0.25) is 0 Å². The number of anilines is 2. The molecule has 0 aliphatic heterocycles. The van der Waals surface area contributed by atoms with E-state index in [9.17, 15) is 9.50 Å². The lowest BCUT2D eigenvalue weighted by molar-refractivity contribution is 0.291. The quantitative estimate of drug-likeness (QED) is 0.523. The molecule has 0 radical (unpaired) electrons. The molecule has 0 saturated heterocycles. The van der Waals surface area contributed by atoms with E-state index >= 15 is 0 Å². The topological polar surface area (TPSA) is 58.5 Å².